The van der Waals surface area contributed by atoms with Gasteiger partial charge in [-0.25, -0.2) is 0 Å². The van der Waals surface area contributed by atoms with Crippen molar-refractivity contribution in [3.8, 4) is 0 Å². The second-order valence-electron chi connectivity index (χ2n) is 8.59. The molecule has 0 radical (unpaired) electrons. The van der Waals surface area contributed by atoms with Crippen LogP contribution in [0.15, 0.2) is 29.3 Å². The minimum atomic E-state index is -0.0631. The fourth-order valence-electron chi connectivity index (χ4n) is 4.36. The first-order chi connectivity index (χ1) is 15.5. The number of rotatable bonds is 7. The summed E-state index contributed by atoms with van der Waals surface area (Å²) < 4.78 is 0. The van der Waals surface area contributed by atoms with Crippen LogP contribution in [0, 0.1) is 0 Å². The highest BCUT2D eigenvalue weighted by molar-refractivity contribution is 5.94. The first-order valence-corrected chi connectivity index (χ1v) is 11.9. The van der Waals surface area contributed by atoms with Crippen molar-refractivity contribution in [2.24, 2.45) is 4.99 Å². The summed E-state index contributed by atoms with van der Waals surface area (Å²) in [6, 6.07) is 7.63. The molecule has 176 valence electrons. The Hall–Kier alpha value is -2.61. The Balaban J connectivity index is 1.49. The first-order valence-electron chi connectivity index (χ1n) is 11.9. The van der Waals surface area contributed by atoms with Crippen LogP contribution < -0.4 is 10.6 Å². The van der Waals surface area contributed by atoms with Gasteiger partial charge in [0.15, 0.2) is 5.96 Å². The van der Waals surface area contributed by atoms with Gasteiger partial charge in [0.2, 0.25) is 5.91 Å². The van der Waals surface area contributed by atoms with Crippen LogP contribution in [0.5, 0.6) is 0 Å². The molecule has 2 heterocycles. The number of carbonyl (C=O) groups is 2. The molecular formula is C24H38N6O2. The number of hydrogen-bond donors (Lipinski definition) is 2. The predicted octanol–water partition coefficient (Wildman–Crippen LogP) is 1.53. The number of nitrogens with zero attached hydrogens (tertiary/aromatic N) is 4. The zero-order chi connectivity index (χ0) is 22.9. The minimum absolute atomic E-state index is 0.0354. The Morgan fingerprint density at radius 1 is 1.03 bits per heavy atom. The SMILES string of the molecule is CCCNC(=O)c1cccc(CNC(=NC)N2CCN(C(C)C(=O)N3CCCC3)CC2)c1. The molecule has 2 saturated heterocycles. The lowest BCUT2D eigenvalue weighted by atomic mass is 10.1. The van der Waals surface area contributed by atoms with Crippen molar-refractivity contribution in [2.45, 2.75) is 45.7 Å². The topological polar surface area (TPSA) is 80.3 Å². The van der Waals surface area contributed by atoms with Crippen LogP contribution in [0.4, 0.5) is 0 Å². The summed E-state index contributed by atoms with van der Waals surface area (Å²) in [5, 5.41) is 6.35. The molecule has 2 fully saturated rings. The molecule has 1 unspecified atom stereocenters. The number of amides is 2. The minimum Gasteiger partial charge on any atom is -0.352 e. The van der Waals surface area contributed by atoms with E-state index in [-0.39, 0.29) is 17.9 Å². The molecule has 2 amide bonds. The number of hydrogen-bond acceptors (Lipinski definition) is 4. The van der Waals surface area contributed by atoms with Crippen molar-refractivity contribution in [3.05, 3.63) is 35.4 Å². The number of piperazine rings is 1. The molecule has 0 aromatic heterocycles. The van der Waals surface area contributed by atoms with Gasteiger partial charge in [-0.1, -0.05) is 19.1 Å². The number of benzene rings is 1. The van der Waals surface area contributed by atoms with Gasteiger partial charge in [0, 0.05) is 65.0 Å². The number of nitrogens with one attached hydrogen (secondary N) is 2. The quantitative estimate of drug-likeness (QED) is 0.495. The molecule has 0 saturated carbocycles. The molecule has 3 rings (SSSR count). The molecule has 2 aliphatic heterocycles. The average Bonchev–Trinajstić information content (AvgIpc) is 3.37. The fraction of sp³-hybridized carbons (Fsp3) is 0.625. The molecule has 1 aromatic carbocycles. The third-order valence-corrected chi connectivity index (χ3v) is 6.32. The van der Waals surface area contributed by atoms with Crippen LogP contribution in [0.1, 0.15) is 49.0 Å². The van der Waals surface area contributed by atoms with Gasteiger partial charge in [0.1, 0.15) is 0 Å². The van der Waals surface area contributed by atoms with E-state index in [0.717, 1.165) is 70.1 Å². The molecule has 0 spiro atoms. The van der Waals surface area contributed by atoms with Crippen molar-refractivity contribution in [3.63, 3.8) is 0 Å². The van der Waals surface area contributed by atoms with Crippen molar-refractivity contribution >= 4 is 17.8 Å². The molecule has 1 aromatic rings. The molecule has 0 bridgehead atoms. The highest BCUT2D eigenvalue weighted by Gasteiger charge is 2.30. The van der Waals surface area contributed by atoms with E-state index in [0.29, 0.717) is 18.7 Å². The maximum atomic E-state index is 12.7. The summed E-state index contributed by atoms with van der Waals surface area (Å²) in [7, 11) is 1.79. The van der Waals surface area contributed by atoms with Gasteiger partial charge < -0.3 is 20.4 Å². The molecule has 8 heteroatoms. The largest absolute Gasteiger partial charge is 0.352 e. The molecular weight excluding hydrogens is 404 g/mol. The van der Waals surface area contributed by atoms with Crippen molar-refractivity contribution in [1.29, 1.82) is 0 Å². The standard InChI is InChI=1S/C24H38N6O2/c1-4-10-26-22(31)21-9-7-8-20(17-21)18-27-24(25-3)30-15-13-28(14-16-30)19(2)23(32)29-11-5-6-12-29/h7-9,17,19H,4-6,10-16,18H2,1-3H3,(H,25,27)(H,26,31). The molecule has 2 N–H and O–H groups in total. The van der Waals surface area contributed by atoms with Crippen LogP contribution in [-0.2, 0) is 11.3 Å². The Kier molecular flexibility index (Phi) is 8.90. The van der Waals surface area contributed by atoms with Gasteiger partial charge in [-0.15, -0.1) is 0 Å². The molecule has 0 aliphatic carbocycles. The second kappa shape index (κ2) is 11.9. The molecule has 32 heavy (non-hydrogen) atoms. The summed E-state index contributed by atoms with van der Waals surface area (Å²) in [6.07, 6.45) is 3.17. The van der Waals surface area contributed by atoms with Crippen LogP contribution in [-0.4, -0.2) is 91.4 Å². The number of likely N-dealkylation sites (tertiary alicyclic amines) is 1. The number of aliphatic imine (C=N–C) groups is 1. The van der Waals surface area contributed by atoms with Crippen molar-refractivity contribution in [1.82, 2.24) is 25.3 Å². The maximum absolute atomic E-state index is 12.7. The second-order valence-corrected chi connectivity index (χ2v) is 8.59. The van der Waals surface area contributed by atoms with Gasteiger partial charge >= 0.3 is 0 Å². The summed E-state index contributed by atoms with van der Waals surface area (Å²) in [5.41, 5.74) is 1.72. The first kappa shape index (κ1) is 24.0. The molecule has 1 atom stereocenters. The monoisotopic (exact) mass is 442 g/mol. The predicted molar refractivity (Wildman–Crippen MR) is 128 cm³/mol. The van der Waals surface area contributed by atoms with E-state index in [1.807, 2.05) is 43.0 Å². The van der Waals surface area contributed by atoms with E-state index < -0.39 is 0 Å². The lowest BCUT2D eigenvalue weighted by molar-refractivity contribution is -0.135. The smallest absolute Gasteiger partial charge is 0.251 e. The van der Waals surface area contributed by atoms with E-state index in [4.69, 9.17) is 0 Å². The third-order valence-electron chi connectivity index (χ3n) is 6.32. The summed E-state index contributed by atoms with van der Waals surface area (Å²) >= 11 is 0. The van der Waals surface area contributed by atoms with Crippen LogP contribution in [0.2, 0.25) is 0 Å². The van der Waals surface area contributed by atoms with Gasteiger partial charge in [-0.2, -0.15) is 0 Å². The van der Waals surface area contributed by atoms with Crippen LogP contribution in [0.25, 0.3) is 0 Å². The van der Waals surface area contributed by atoms with Gasteiger partial charge in [-0.3, -0.25) is 19.5 Å². The normalized spacial score (nSPS) is 18.5. The Bertz CT molecular complexity index is 797. The Labute approximate surface area is 192 Å². The Morgan fingerprint density at radius 2 is 1.75 bits per heavy atom. The number of carbonyl (C=O) groups excluding carboxylic acids is 2. The third kappa shape index (κ3) is 6.22. The van der Waals surface area contributed by atoms with E-state index in [1.165, 1.54) is 0 Å². The fourth-order valence-corrected chi connectivity index (χ4v) is 4.36. The van der Waals surface area contributed by atoms with Gasteiger partial charge in [0.25, 0.3) is 5.91 Å². The van der Waals surface area contributed by atoms with E-state index >= 15 is 0 Å². The zero-order valence-electron chi connectivity index (χ0n) is 19.8. The average molecular weight is 443 g/mol. The van der Waals surface area contributed by atoms with E-state index in [1.54, 1.807) is 7.05 Å². The van der Waals surface area contributed by atoms with E-state index in [9.17, 15) is 9.59 Å². The van der Waals surface area contributed by atoms with Crippen LogP contribution >= 0.6 is 0 Å². The van der Waals surface area contributed by atoms with Crippen molar-refractivity contribution < 1.29 is 9.59 Å². The lowest BCUT2D eigenvalue weighted by Gasteiger charge is -2.39. The highest BCUT2D eigenvalue weighted by Crippen LogP contribution is 2.14. The van der Waals surface area contributed by atoms with Gasteiger partial charge in [0.05, 0.1) is 6.04 Å². The summed E-state index contributed by atoms with van der Waals surface area (Å²) in [4.78, 5) is 35.9. The zero-order valence-corrected chi connectivity index (χ0v) is 19.8. The highest BCUT2D eigenvalue weighted by atomic mass is 16.2. The van der Waals surface area contributed by atoms with Crippen molar-refractivity contribution in [2.75, 3.05) is 52.9 Å². The molecule has 8 nitrogen and oxygen atoms in total. The summed E-state index contributed by atoms with van der Waals surface area (Å²) in [5.74, 6) is 1.08. The van der Waals surface area contributed by atoms with Gasteiger partial charge in [-0.05, 0) is 43.9 Å². The molecule has 2 aliphatic rings. The van der Waals surface area contributed by atoms with E-state index in [2.05, 4.69) is 25.4 Å². The maximum Gasteiger partial charge on any atom is 0.251 e. The summed E-state index contributed by atoms with van der Waals surface area (Å²) in [6.45, 7) is 10.5. The lowest BCUT2D eigenvalue weighted by Crippen LogP contribution is -2.57. The Morgan fingerprint density at radius 3 is 2.41 bits per heavy atom. The van der Waals surface area contributed by atoms with Crippen LogP contribution in [0.3, 0.4) is 0 Å². The number of guanidine groups is 1.